The zero-order valence-electron chi connectivity index (χ0n) is 14.4. The van der Waals surface area contributed by atoms with Gasteiger partial charge in [0.25, 0.3) is 10.1 Å². The predicted octanol–water partition coefficient (Wildman–Crippen LogP) is 1.15. The van der Waals surface area contributed by atoms with E-state index in [1.54, 1.807) is 0 Å². The van der Waals surface area contributed by atoms with E-state index in [1.807, 2.05) is 25.7 Å². The molecule has 2 rings (SSSR count). The van der Waals surface area contributed by atoms with Crippen LogP contribution >= 0.6 is 0 Å². The fourth-order valence-electron chi connectivity index (χ4n) is 3.25. The summed E-state index contributed by atoms with van der Waals surface area (Å²) in [5.41, 5.74) is -0.458. The molecule has 0 aromatic carbocycles. The van der Waals surface area contributed by atoms with Crippen LogP contribution in [-0.2, 0) is 19.0 Å². The molecule has 23 heavy (non-hydrogen) atoms. The Kier molecular flexibility index (Phi) is 5.58. The van der Waals surface area contributed by atoms with Gasteiger partial charge in [-0.15, -0.1) is 0 Å². The zero-order valence-corrected chi connectivity index (χ0v) is 15.3. The lowest BCUT2D eigenvalue weighted by Gasteiger charge is -2.26. The lowest BCUT2D eigenvalue weighted by atomic mass is 10.0. The molecule has 2 saturated heterocycles. The van der Waals surface area contributed by atoms with E-state index in [0.29, 0.717) is 18.3 Å². The fraction of sp³-hybridized carbons (Fsp3) is 0.933. The van der Waals surface area contributed by atoms with Crippen LogP contribution in [0, 0.1) is 11.8 Å². The van der Waals surface area contributed by atoms with E-state index in [2.05, 4.69) is 4.90 Å². The number of hydrogen-bond donors (Lipinski definition) is 0. The summed E-state index contributed by atoms with van der Waals surface area (Å²) in [5, 5.41) is 0. The maximum absolute atomic E-state index is 12.1. The maximum Gasteiger partial charge on any atom is 0.410 e. The molecule has 2 heterocycles. The second-order valence-corrected chi connectivity index (χ2v) is 9.19. The molecule has 2 aliphatic rings. The van der Waals surface area contributed by atoms with E-state index in [9.17, 15) is 13.2 Å². The molecule has 2 fully saturated rings. The first-order chi connectivity index (χ1) is 10.5. The summed E-state index contributed by atoms with van der Waals surface area (Å²) >= 11 is 0. The van der Waals surface area contributed by atoms with Crippen LogP contribution in [0.25, 0.3) is 0 Å². The Morgan fingerprint density at radius 2 is 1.70 bits per heavy atom. The highest BCUT2D eigenvalue weighted by atomic mass is 32.2. The smallest absolute Gasteiger partial charge is 0.410 e. The van der Waals surface area contributed by atoms with Crippen molar-refractivity contribution < 1.29 is 22.1 Å². The van der Waals surface area contributed by atoms with Crippen molar-refractivity contribution in [3.63, 3.8) is 0 Å². The SMILES string of the molecule is CC(C)(C)OC(=O)N1C[C@H]2CN(CCCOS(C)(=O)=O)C[C@H]2C1. The molecule has 0 radical (unpaired) electrons. The molecule has 0 bridgehead atoms. The lowest BCUT2D eigenvalue weighted by Crippen LogP contribution is -2.37. The van der Waals surface area contributed by atoms with Crippen LogP contribution < -0.4 is 0 Å². The van der Waals surface area contributed by atoms with Crippen molar-refractivity contribution in [3.8, 4) is 0 Å². The molecule has 0 aromatic rings. The van der Waals surface area contributed by atoms with E-state index >= 15 is 0 Å². The highest BCUT2D eigenvalue weighted by molar-refractivity contribution is 7.85. The van der Waals surface area contributed by atoms with E-state index in [-0.39, 0.29) is 12.7 Å². The minimum atomic E-state index is -3.34. The molecule has 134 valence electrons. The molecular formula is C15H28N2O5S. The Morgan fingerprint density at radius 1 is 1.13 bits per heavy atom. The van der Waals surface area contributed by atoms with E-state index < -0.39 is 15.7 Å². The summed E-state index contributed by atoms with van der Waals surface area (Å²) in [5.74, 6) is 0.969. The highest BCUT2D eigenvalue weighted by Gasteiger charge is 2.42. The van der Waals surface area contributed by atoms with Gasteiger partial charge < -0.3 is 14.5 Å². The van der Waals surface area contributed by atoms with Crippen LogP contribution in [0.1, 0.15) is 27.2 Å². The number of carbonyl (C=O) groups is 1. The van der Waals surface area contributed by atoms with Crippen LogP contribution in [0.5, 0.6) is 0 Å². The predicted molar refractivity (Wildman–Crippen MR) is 86.6 cm³/mol. The fourth-order valence-corrected chi connectivity index (χ4v) is 3.67. The van der Waals surface area contributed by atoms with E-state index in [0.717, 1.165) is 39.0 Å². The quantitative estimate of drug-likeness (QED) is 0.548. The minimum absolute atomic E-state index is 0.222. The van der Waals surface area contributed by atoms with Crippen molar-refractivity contribution in [3.05, 3.63) is 0 Å². The van der Waals surface area contributed by atoms with Crippen LogP contribution in [-0.4, -0.2) is 75.5 Å². The summed E-state index contributed by atoms with van der Waals surface area (Å²) in [6.07, 6.45) is 1.54. The Morgan fingerprint density at radius 3 is 2.17 bits per heavy atom. The third kappa shape index (κ3) is 5.93. The van der Waals surface area contributed by atoms with Crippen molar-refractivity contribution in [1.29, 1.82) is 0 Å². The van der Waals surface area contributed by atoms with Crippen LogP contribution in [0.4, 0.5) is 4.79 Å². The molecule has 0 saturated carbocycles. The molecule has 0 spiro atoms. The third-order valence-electron chi connectivity index (χ3n) is 4.13. The van der Waals surface area contributed by atoms with Gasteiger partial charge in [0, 0.05) is 32.7 Å². The molecule has 0 N–H and O–H groups in total. The van der Waals surface area contributed by atoms with Gasteiger partial charge in [-0.1, -0.05) is 0 Å². The Bertz CT molecular complexity index is 514. The zero-order chi connectivity index (χ0) is 17.3. The molecule has 0 aliphatic carbocycles. The van der Waals surface area contributed by atoms with Crippen molar-refractivity contribution in [2.24, 2.45) is 11.8 Å². The molecule has 8 heteroatoms. The molecule has 0 aromatic heterocycles. The number of fused-ring (bicyclic) bond motifs is 1. The van der Waals surface area contributed by atoms with Gasteiger partial charge in [0.1, 0.15) is 5.60 Å². The average molecular weight is 348 g/mol. The number of hydrogen-bond acceptors (Lipinski definition) is 6. The summed E-state index contributed by atoms with van der Waals surface area (Å²) in [4.78, 5) is 16.2. The number of nitrogens with zero attached hydrogens (tertiary/aromatic N) is 2. The monoisotopic (exact) mass is 348 g/mol. The molecule has 1 amide bonds. The second kappa shape index (κ2) is 6.94. The van der Waals surface area contributed by atoms with Gasteiger partial charge in [-0.3, -0.25) is 4.18 Å². The maximum atomic E-state index is 12.1. The Hall–Kier alpha value is -0.860. The van der Waals surface area contributed by atoms with Gasteiger partial charge >= 0.3 is 6.09 Å². The number of amides is 1. The number of likely N-dealkylation sites (tertiary alicyclic amines) is 2. The van der Waals surface area contributed by atoms with Crippen molar-refractivity contribution in [2.75, 3.05) is 45.6 Å². The third-order valence-corrected chi connectivity index (χ3v) is 4.72. The van der Waals surface area contributed by atoms with Gasteiger partial charge in [0.15, 0.2) is 0 Å². The van der Waals surface area contributed by atoms with Gasteiger partial charge in [0.05, 0.1) is 12.9 Å². The van der Waals surface area contributed by atoms with Gasteiger partial charge in [-0.25, -0.2) is 4.79 Å². The van der Waals surface area contributed by atoms with Crippen molar-refractivity contribution in [1.82, 2.24) is 9.80 Å². The van der Waals surface area contributed by atoms with Crippen LogP contribution in [0.15, 0.2) is 0 Å². The topological polar surface area (TPSA) is 76.2 Å². The lowest BCUT2D eigenvalue weighted by molar-refractivity contribution is 0.0274. The standard InChI is InChI=1S/C15H28N2O5S/c1-15(2,3)22-14(18)17-10-12-8-16(9-13(12)11-17)6-5-7-21-23(4,19)20/h12-13H,5-11H2,1-4H3/t12-,13+. The summed E-state index contributed by atoms with van der Waals surface area (Å²) < 4.78 is 32.0. The van der Waals surface area contributed by atoms with E-state index in [1.165, 1.54) is 0 Å². The first kappa shape index (κ1) is 18.5. The Labute approximate surface area is 139 Å². The minimum Gasteiger partial charge on any atom is -0.444 e. The van der Waals surface area contributed by atoms with Crippen molar-refractivity contribution in [2.45, 2.75) is 32.8 Å². The first-order valence-corrected chi connectivity index (χ1v) is 9.90. The first-order valence-electron chi connectivity index (χ1n) is 8.08. The van der Waals surface area contributed by atoms with Gasteiger partial charge in [-0.05, 0) is 39.0 Å². The normalized spacial score (nSPS) is 25.7. The average Bonchev–Trinajstić information content (AvgIpc) is 2.89. The number of ether oxygens (including phenoxy) is 1. The summed E-state index contributed by atoms with van der Waals surface area (Å²) in [6.45, 7) is 10.1. The van der Waals surface area contributed by atoms with Crippen LogP contribution in [0.3, 0.4) is 0 Å². The molecular weight excluding hydrogens is 320 g/mol. The molecule has 2 aliphatic heterocycles. The number of rotatable bonds is 5. The molecule has 7 nitrogen and oxygen atoms in total. The highest BCUT2D eigenvalue weighted by Crippen LogP contribution is 2.31. The number of carbonyl (C=O) groups excluding carboxylic acids is 1. The largest absolute Gasteiger partial charge is 0.444 e. The van der Waals surface area contributed by atoms with E-state index in [4.69, 9.17) is 8.92 Å². The summed E-state index contributed by atoms with van der Waals surface area (Å²) in [6, 6.07) is 0. The van der Waals surface area contributed by atoms with Crippen LogP contribution in [0.2, 0.25) is 0 Å². The molecule has 0 unspecified atom stereocenters. The van der Waals surface area contributed by atoms with Gasteiger partial charge in [0.2, 0.25) is 0 Å². The summed E-state index contributed by atoms with van der Waals surface area (Å²) in [7, 11) is -3.34. The second-order valence-electron chi connectivity index (χ2n) is 7.54. The molecule has 2 atom stereocenters. The van der Waals surface area contributed by atoms with Gasteiger partial charge in [-0.2, -0.15) is 8.42 Å². The van der Waals surface area contributed by atoms with Crippen molar-refractivity contribution >= 4 is 16.2 Å². The Balaban J connectivity index is 1.70.